The molecule has 6 heteroatoms. The van der Waals surface area contributed by atoms with Crippen LogP contribution in [0.2, 0.25) is 10.1 Å². The number of nitrogens with zero attached hydrogens (tertiary/aromatic N) is 1. The molecule has 0 amide bonds. The summed E-state index contributed by atoms with van der Waals surface area (Å²) >= 11 is 0. The third-order valence-corrected chi connectivity index (χ3v) is 10.8. The van der Waals surface area contributed by atoms with E-state index in [1.54, 1.807) is 0 Å². The second kappa shape index (κ2) is 5.01. The van der Waals surface area contributed by atoms with Crippen molar-refractivity contribution in [3.8, 4) is 0 Å². The van der Waals surface area contributed by atoms with Gasteiger partial charge in [-0.1, -0.05) is 41.5 Å². The fourth-order valence-electron chi connectivity index (χ4n) is 4.78. The first-order chi connectivity index (χ1) is 9.98. The van der Waals surface area contributed by atoms with Crippen molar-refractivity contribution in [3.05, 3.63) is 0 Å². The number of aliphatic hydroxyl groups is 2. The van der Waals surface area contributed by atoms with Crippen LogP contribution in [0.1, 0.15) is 48.0 Å². The fraction of sp³-hybridized carbons (Fsp3) is 1.00. The SMILES string of the molecule is CC(C)(C)[Si]1(C(C)(C)C)O[C@H]2[C@H](O)[C@@H](O)CN3CC[C@H](O1)[C@H]23. The number of aliphatic hydroxyl groups excluding tert-OH is 2. The van der Waals surface area contributed by atoms with E-state index in [2.05, 4.69) is 46.4 Å². The smallest absolute Gasteiger partial charge is 0.349 e. The van der Waals surface area contributed by atoms with Gasteiger partial charge in [0.15, 0.2) is 0 Å². The normalized spacial score (nSPS) is 42.3. The molecule has 5 atom stereocenters. The molecule has 3 fully saturated rings. The zero-order valence-electron chi connectivity index (χ0n) is 14.7. The van der Waals surface area contributed by atoms with E-state index in [0.717, 1.165) is 13.0 Å². The maximum atomic E-state index is 10.6. The molecule has 0 bridgehead atoms. The van der Waals surface area contributed by atoms with Crippen molar-refractivity contribution in [2.75, 3.05) is 13.1 Å². The molecule has 3 rings (SSSR count). The van der Waals surface area contributed by atoms with Crippen LogP contribution in [0.4, 0.5) is 0 Å². The molecule has 5 nitrogen and oxygen atoms in total. The Labute approximate surface area is 134 Å². The summed E-state index contributed by atoms with van der Waals surface area (Å²) in [5, 5.41) is 20.6. The zero-order valence-corrected chi connectivity index (χ0v) is 15.7. The Kier molecular flexibility index (Phi) is 3.84. The molecule has 2 N–H and O–H groups in total. The number of rotatable bonds is 0. The van der Waals surface area contributed by atoms with Crippen molar-refractivity contribution in [2.45, 2.75) is 88.5 Å². The molecule has 0 saturated carbocycles. The molecule has 0 aromatic rings. The van der Waals surface area contributed by atoms with Gasteiger partial charge in [-0.3, -0.25) is 4.90 Å². The first-order valence-corrected chi connectivity index (χ1v) is 10.3. The highest BCUT2D eigenvalue weighted by molar-refractivity contribution is 6.73. The van der Waals surface area contributed by atoms with Gasteiger partial charge in [-0.25, -0.2) is 0 Å². The highest BCUT2D eigenvalue weighted by Gasteiger charge is 2.67. The molecule has 128 valence electrons. The quantitative estimate of drug-likeness (QED) is 0.661. The van der Waals surface area contributed by atoms with Crippen molar-refractivity contribution >= 4 is 8.56 Å². The van der Waals surface area contributed by atoms with E-state index in [1.807, 2.05) is 0 Å². The van der Waals surface area contributed by atoms with Gasteiger partial charge < -0.3 is 19.1 Å². The lowest BCUT2D eigenvalue weighted by Gasteiger charge is -2.59. The van der Waals surface area contributed by atoms with Crippen LogP contribution in [0.25, 0.3) is 0 Å². The summed E-state index contributed by atoms with van der Waals surface area (Å²) < 4.78 is 13.4. The van der Waals surface area contributed by atoms with Crippen molar-refractivity contribution in [2.24, 2.45) is 0 Å². The molecule has 3 aliphatic rings. The fourth-order valence-corrected chi connectivity index (χ4v) is 9.85. The predicted molar refractivity (Wildman–Crippen MR) is 86.9 cm³/mol. The van der Waals surface area contributed by atoms with E-state index in [1.165, 1.54) is 0 Å². The van der Waals surface area contributed by atoms with Gasteiger partial charge in [0.1, 0.15) is 6.10 Å². The Balaban J connectivity index is 2.03. The molecular formula is C16H31NO4Si. The summed E-state index contributed by atoms with van der Waals surface area (Å²) in [4.78, 5) is 2.23. The Morgan fingerprint density at radius 2 is 1.59 bits per heavy atom. The van der Waals surface area contributed by atoms with Crippen molar-refractivity contribution in [1.82, 2.24) is 4.90 Å². The number of hydrogen-bond donors (Lipinski definition) is 2. The lowest BCUT2D eigenvalue weighted by Crippen LogP contribution is -2.73. The van der Waals surface area contributed by atoms with Crippen molar-refractivity contribution in [3.63, 3.8) is 0 Å². The Hall–Kier alpha value is 0.0169. The van der Waals surface area contributed by atoms with Crippen LogP contribution in [0.3, 0.4) is 0 Å². The van der Waals surface area contributed by atoms with E-state index < -0.39 is 20.8 Å². The minimum Gasteiger partial charge on any atom is -0.389 e. The van der Waals surface area contributed by atoms with Crippen molar-refractivity contribution < 1.29 is 19.1 Å². The summed E-state index contributed by atoms with van der Waals surface area (Å²) in [5.41, 5.74) is 0. The van der Waals surface area contributed by atoms with Gasteiger partial charge in [0.05, 0.1) is 24.4 Å². The van der Waals surface area contributed by atoms with Gasteiger partial charge in [0, 0.05) is 23.2 Å². The molecule has 3 heterocycles. The first kappa shape index (κ1) is 16.9. The van der Waals surface area contributed by atoms with Crippen LogP contribution in [0, 0.1) is 0 Å². The third-order valence-electron chi connectivity index (χ3n) is 5.59. The standard InChI is InChI=1S/C16H31NO4Si/c1-15(2,3)22(16(4,5)6)20-11-7-8-17-9-10(18)13(19)14(21-22)12(11)17/h10-14,18-19H,7-9H2,1-6H3/t10-,11-,12+,13+,14+/m0/s1. The highest BCUT2D eigenvalue weighted by atomic mass is 28.4. The third kappa shape index (κ3) is 2.23. The van der Waals surface area contributed by atoms with Crippen LogP contribution >= 0.6 is 0 Å². The minimum absolute atomic E-state index is 0.0868. The Morgan fingerprint density at radius 3 is 2.14 bits per heavy atom. The largest absolute Gasteiger partial charge is 0.389 e. The van der Waals surface area contributed by atoms with Crippen LogP contribution < -0.4 is 0 Å². The summed E-state index contributed by atoms with van der Waals surface area (Å²) in [5.74, 6) is 0. The molecule has 0 radical (unpaired) electrons. The van der Waals surface area contributed by atoms with Gasteiger partial charge in [-0.2, -0.15) is 0 Å². The van der Waals surface area contributed by atoms with Gasteiger partial charge in [-0.05, 0) is 6.42 Å². The topological polar surface area (TPSA) is 62.2 Å². The van der Waals surface area contributed by atoms with Crippen LogP contribution in [-0.2, 0) is 8.85 Å². The zero-order chi connectivity index (χ0) is 16.5. The van der Waals surface area contributed by atoms with E-state index >= 15 is 0 Å². The average Bonchev–Trinajstić information content (AvgIpc) is 2.76. The average molecular weight is 330 g/mol. The monoisotopic (exact) mass is 329 g/mol. The number of hydrogen-bond acceptors (Lipinski definition) is 5. The van der Waals surface area contributed by atoms with Gasteiger partial charge >= 0.3 is 8.56 Å². The van der Waals surface area contributed by atoms with E-state index in [4.69, 9.17) is 8.85 Å². The number of piperidine rings is 1. The summed E-state index contributed by atoms with van der Waals surface area (Å²) in [6.45, 7) is 14.5. The molecular weight excluding hydrogens is 298 g/mol. The molecule has 0 aromatic carbocycles. The summed E-state index contributed by atoms with van der Waals surface area (Å²) in [6, 6.07) is 0.0868. The molecule has 3 aliphatic heterocycles. The Morgan fingerprint density at radius 1 is 1.00 bits per heavy atom. The predicted octanol–water partition coefficient (Wildman–Crippen LogP) is 1.62. The lowest BCUT2D eigenvalue weighted by molar-refractivity contribution is -0.167. The lowest BCUT2D eigenvalue weighted by atomic mass is 9.93. The van der Waals surface area contributed by atoms with Gasteiger partial charge in [0.25, 0.3) is 0 Å². The van der Waals surface area contributed by atoms with Crippen LogP contribution in [0.5, 0.6) is 0 Å². The Bertz CT molecular complexity index is 430. The van der Waals surface area contributed by atoms with E-state index in [-0.39, 0.29) is 28.3 Å². The second-order valence-electron chi connectivity index (χ2n) is 9.19. The van der Waals surface area contributed by atoms with Crippen molar-refractivity contribution in [1.29, 1.82) is 0 Å². The molecule has 22 heavy (non-hydrogen) atoms. The van der Waals surface area contributed by atoms with E-state index in [9.17, 15) is 10.2 Å². The van der Waals surface area contributed by atoms with Crippen LogP contribution in [0.15, 0.2) is 0 Å². The highest BCUT2D eigenvalue weighted by Crippen LogP contribution is 2.57. The van der Waals surface area contributed by atoms with E-state index in [0.29, 0.717) is 6.54 Å². The van der Waals surface area contributed by atoms with Gasteiger partial charge in [-0.15, -0.1) is 0 Å². The molecule has 0 aromatic heterocycles. The molecule has 0 unspecified atom stereocenters. The second-order valence-corrected chi connectivity index (χ2v) is 13.9. The maximum absolute atomic E-state index is 10.6. The summed E-state index contributed by atoms with van der Waals surface area (Å²) in [6.07, 6.45) is -0.807. The molecule has 0 spiro atoms. The molecule has 0 aliphatic carbocycles. The minimum atomic E-state index is -2.62. The first-order valence-electron chi connectivity index (χ1n) is 8.44. The van der Waals surface area contributed by atoms with Gasteiger partial charge in [0.2, 0.25) is 0 Å². The maximum Gasteiger partial charge on any atom is 0.349 e. The summed E-state index contributed by atoms with van der Waals surface area (Å²) in [7, 11) is -2.62. The van der Waals surface area contributed by atoms with Crippen LogP contribution in [-0.4, -0.2) is 67.2 Å². The molecule has 3 saturated heterocycles.